The van der Waals surface area contributed by atoms with E-state index in [4.69, 9.17) is 4.74 Å². The van der Waals surface area contributed by atoms with Gasteiger partial charge in [-0.25, -0.2) is 9.97 Å². The molecule has 3 rings (SSSR count). The highest BCUT2D eigenvalue weighted by atomic mass is 32.1. The van der Waals surface area contributed by atoms with E-state index in [1.54, 1.807) is 11.3 Å². The quantitative estimate of drug-likeness (QED) is 0.938. The van der Waals surface area contributed by atoms with Gasteiger partial charge in [-0.2, -0.15) is 0 Å². The number of hydrogen-bond donors (Lipinski definition) is 1. The number of aromatic nitrogens is 3. The van der Waals surface area contributed by atoms with Crippen molar-refractivity contribution in [2.24, 2.45) is 7.05 Å². The summed E-state index contributed by atoms with van der Waals surface area (Å²) in [6, 6.07) is 0.300. The van der Waals surface area contributed by atoms with Gasteiger partial charge < -0.3 is 14.6 Å². The summed E-state index contributed by atoms with van der Waals surface area (Å²) < 4.78 is 7.99. The van der Waals surface area contributed by atoms with Crippen molar-refractivity contribution in [2.75, 3.05) is 6.61 Å². The van der Waals surface area contributed by atoms with Crippen LogP contribution in [0.5, 0.6) is 0 Å². The van der Waals surface area contributed by atoms with Crippen LogP contribution in [0.1, 0.15) is 35.5 Å². The van der Waals surface area contributed by atoms with Gasteiger partial charge in [-0.05, 0) is 19.8 Å². The van der Waals surface area contributed by atoms with Gasteiger partial charge >= 0.3 is 0 Å². The molecule has 0 bridgehead atoms. The number of imidazole rings is 1. The largest absolute Gasteiger partial charge is 0.369 e. The Morgan fingerprint density at radius 3 is 3.15 bits per heavy atom. The lowest BCUT2D eigenvalue weighted by atomic mass is 10.0. The molecular weight excluding hydrogens is 272 g/mol. The molecular formula is C14H20N4OS. The maximum Gasteiger partial charge on any atom is 0.139 e. The van der Waals surface area contributed by atoms with Gasteiger partial charge in [-0.15, -0.1) is 11.3 Å². The molecule has 0 amide bonds. The molecule has 1 aliphatic heterocycles. The second-order valence-corrected chi connectivity index (χ2v) is 6.14. The molecule has 0 aliphatic carbocycles. The van der Waals surface area contributed by atoms with Gasteiger partial charge in [0.25, 0.3) is 0 Å². The summed E-state index contributed by atoms with van der Waals surface area (Å²) in [7, 11) is 2.02. The van der Waals surface area contributed by atoms with Crippen molar-refractivity contribution < 1.29 is 4.74 Å². The van der Waals surface area contributed by atoms with Gasteiger partial charge in [0, 0.05) is 49.7 Å². The normalized spacial score (nSPS) is 23.1. The highest BCUT2D eigenvalue weighted by Gasteiger charge is 2.29. The van der Waals surface area contributed by atoms with Crippen LogP contribution in [0, 0.1) is 6.92 Å². The van der Waals surface area contributed by atoms with Crippen LogP contribution >= 0.6 is 11.3 Å². The molecule has 1 N–H and O–H groups in total. The number of ether oxygens (including phenoxy) is 1. The van der Waals surface area contributed by atoms with Gasteiger partial charge in [0.2, 0.25) is 0 Å². The van der Waals surface area contributed by atoms with Gasteiger partial charge in [0.1, 0.15) is 16.9 Å². The van der Waals surface area contributed by atoms with E-state index in [0.29, 0.717) is 6.04 Å². The summed E-state index contributed by atoms with van der Waals surface area (Å²) in [5, 5.41) is 6.81. The van der Waals surface area contributed by atoms with E-state index in [9.17, 15) is 0 Å². The van der Waals surface area contributed by atoms with E-state index >= 15 is 0 Å². The lowest BCUT2D eigenvalue weighted by Gasteiger charge is -2.31. The van der Waals surface area contributed by atoms with Crippen molar-refractivity contribution in [2.45, 2.75) is 38.5 Å². The monoisotopic (exact) mass is 292 g/mol. The van der Waals surface area contributed by atoms with Crippen molar-refractivity contribution in [1.29, 1.82) is 0 Å². The minimum Gasteiger partial charge on any atom is -0.369 e. The molecule has 2 aromatic rings. The fourth-order valence-corrected chi connectivity index (χ4v) is 3.32. The van der Waals surface area contributed by atoms with Gasteiger partial charge in [0.05, 0.1) is 0 Å². The van der Waals surface area contributed by atoms with E-state index in [1.807, 2.05) is 30.9 Å². The van der Waals surface area contributed by atoms with Crippen LogP contribution in [-0.4, -0.2) is 27.2 Å². The minimum atomic E-state index is 0.0322. The van der Waals surface area contributed by atoms with Gasteiger partial charge in [0.15, 0.2) is 0 Å². The molecule has 3 heterocycles. The summed E-state index contributed by atoms with van der Waals surface area (Å²) in [6.45, 7) is 3.64. The second kappa shape index (κ2) is 6.03. The van der Waals surface area contributed by atoms with Crippen molar-refractivity contribution in [3.8, 4) is 0 Å². The number of nitrogens with zero attached hydrogens (tertiary/aromatic N) is 3. The third-order valence-electron chi connectivity index (χ3n) is 3.62. The van der Waals surface area contributed by atoms with E-state index < -0.39 is 0 Å². The number of thiazole rings is 1. The number of hydrogen-bond acceptors (Lipinski definition) is 5. The van der Waals surface area contributed by atoms with Crippen LogP contribution in [0.25, 0.3) is 0 Å². The van der Waals surface area contributed by atoms with Crippen molar-refractivity contribution in [3.63, 3.8) is 0 Å². The predicted molar refractivity (Wildman–Crippen MR) is 78.6 cm³/mol. The standard InChI is InChI=1S/C14H20N4OS/c1-10-9-20-12(17-10)8-16-11-4-3-7-19-13(11)14-15-5-6-18(14)2/h5-6,9,11,13,16H,3-4,7-8H2,1-2H3/t11-,13-/m0/s1. The maximum absolute atomic E-state index is 5.95. The Bertz CT molecular complexity index is 565. The van der Waals surface area contributed by atoms with Gasteiger partial charge in [-0.3, -0.25) is 0 Å². The molecule has 1 saturated heterocycles. The van der Waals surface area contributed by atoms with Crippen molar-refractivity contribution >= 4 is 11.3 Å². The van der Waals surface area contributed by atoms with Crippen LogP contribution in [0.15, 0.2) is 17.8 Å². The second-order valence-electron chi connectivity index (χ2n) is 5.20. The van der Waals surface area contributed by atoms with Crippen LogP contribution in [0.2, 0.25) is 0 Å². The zero-order valence-electron chi connectivity index (χ0n) is 11.9. The molecule has 0 saturated carbocycles. The SMILES string of the molecule is Cc1csc(CN[C@H]2CCCO[C@@H]2c2nccn2C)n1. The molecule has 0 radical (unpaired) electrons. The van der Waals surface area contributed by atoms with Crippen LogP contribution in [0.4, 0.5) is 0 Å². The van der Waals surface area contributed by atoms with E-state index in [1.165, 1.54) is 0 Å². The zero-order valence-corrected chi connectivity index (χ0v) is 12.7. The Morgan fingerprint density at radius 1 is 1.55 bits per heavy atom. The third-order valence-corrected chi connectivity index (χ3v) is 4.58. The first-order valence-electron chi connectivity index (χ1n) is 6.97. The molecule has 0 aromatic carbocycles. The molecule has 1 aliphatic rings. The highest BCUT2D eigenvalue weighted by Crippen LogP contribution is 2.27. The summed E-state index contributed by atoms with van der Waals surface area (Å²) in [5.41, 5.74) is 1.09. The van der Waals surface area contributed by atoms with Crippen molar-refractivity contribution in [3.05, 3.63) is 34.3 Å². The Kier molecular flexibility index (Phi) is 4.14. The number of rotatable bonds is 4. The number of nitrogens with one attached hydrogen (secondary N) is 1. The number of aryl methyl sites for hydroxylation is 2. The minimum absolute atomic E-state index is 0.0322. The van der Waals surface area contributed by atoms with Crippen molar-refractivity contribution in [1.82, 2.24) is 19.9 Å². The Balaban J connectivity index is 1.68. The Labute approximate surface area is 123 Å². The van der Waals surface area contributed by atoms with Gasteiger partial charge in [-0.1, -0.05) is 0 Å². The summed E-state index contributed by atoms with van der Waals surface area (Å²) in [4.78, 5) is 8.93. The third kappa shape index (κ3) is 2.92. The maximum atomic E-state index is 5.95. The molecule has 0 spiro atoms. The highest BCUT2D eigenvalue weighted by molar-refractivity contribution is 7.09. The van der Waals surface area contributed by atoms with Crippen LogP contribution in [-0.2, 0) is 18.3 Å². The topological polar surface area (TPSA) is 52.0 Å². The lowest BCUT2D eigenvalue weighted by Crippen LogP contribution is -2.40. The average molecular weight is 292 g/mol. The molecule has 108 valence electrons. The predicted octanol–water partition coefficient (Wildman–Crippen LogP) is 2.19. The molecule has 2 atom stereocenters. The van der Waals surface area contributed by atoms with E-state index in [0.717, 1.165) is 42.5 Å². The smallest absolute Gasteiger partial charge is 0.139 e. The molecule has 20 heavy (non-hydrogen) atoms. The summed E-state index contributed by atoms with van der Waals surface area (Å²) in [5.74, 6) is 0.998. The first-order chi connectivity index (χ1) is 9.74. The average Bonchev–Trinajstić information content (AvgIpc) is 3.05. The summed E-state index contributed by atoms with van der Waals surface area (Å²) >= 11 is 1.70. The zero-order chi connectivity index (χ0) is 13.9. The Hall–Kier alpha value is -1.24. The molecule has 1 fully saturated rings. The molecule has 0 unspecified atom stereocenters. The fourth-order valence-electron chi connectivity index (χ4n) is 2.60. The van der Waals surface area contributed by atoms with E-state index in [2.05, 4.69) is 20.7 Å². The van der Waals surface area contributed by atoms with Crippen LogP contribution in [0.3, 0.4) is 0 Å². The lowest BCUT2D eigenvalue weighted by molar-refractivity contribution is -0.0178. The molecule has 6 heteroatoms. The molecule has 5 nitrogen and oxygen atoms in total. The summed E-state index contributed by atoms with van der Waals surface area (Å²) in [6.07, 6.45) is 6.03. The Morgan fingerprint density at radius 2 is 2.45 bits per heavy atom. The first-order valence-corrected chi connectivity index (χ1v) is 7.85. The van der Waals surface area contributed by atoms with Crippen LogP contribution < -0.4 is 5.32 Å². The van der Waals surface area contributed by atoms with E-state index in [-0.39, 0.29) is 6.10 Å². The first kappa shape index (κ1) is 13.7. The fraction of sp³-hybridized carbons (Fsp3) is 0.571. The molecule has 2 aromatic heterocycles.